The smallest absolute Gasteiger partial charge is 0.146 e. The Hall–Kier alpha value is -1.06. The molecule has 19 heavy (non-hydrogen) atoms. The minimum absolute atomic E-state index is 0.498. The summed E-state index contributed by atoms with van der Waals surface area (Å²) >= 11 is 11.7. The maximum Gasteiger partial charge on any atom is 0.146 e. The van der Waals surface area contributed by atoms with Crippen LogP contribution in [0.5, 0.6) is 0 Å². The van der Waals surface area contributed by atoms with Crippen molar-refractivity contribution in [3.8, 4) is 0 Å². The van der Waals surface area contributed by atoms with Crippen LogP contribution in [0.15, 0.2) is 48.5 Å². The maximum atomic E-state index is 10.5. The fourth-order valence-corrected chi connectivity index (χ4v) is 2.46. The zero-order valence-corrected chi connectivity index (χ0v) is 11.5. The molecule has 1 aliphatic heterocycles. The number of hydrogen-bond donors (Lipinski definition) is 1. The summed E-state index contributed by atoms with van der Waals surface area (Å²) in [4.78, 5) is 0. The largest absolute Gasteiger partial charge is 0.385 e. The predicted octanol–water partition coefficient (Wildman–Crippen LogP) is 3.95. The summed E-state index contributed by atoms with van der Waals surface area (Å²) in [5, 5.41) is 11.8. The summed E-state index contributed by atoms with van der Waals surface area (Å²) in [5.41, 5.74) is 1.06. The third-order valence-corrected chi connectivity index (χ3v) is 3.92. The molecule has 0 unspecified atom stereocenters. The van der Waals surface area contributed by atoms with Gasteiger partial charge in [0.1, 0.15) is 11.7 Å². The van der Waals surface area contributed by atoms with Crippen molar-refractivity contribution in [2.45, 2.75) is 11.7 Å². The summed E-state index contributed by atoms with van der Waals surface area (Å²) in [5.74, 6) is 0. The van der Waals surface area contributed by atoms with Gasteiger partial charge in [-0.15, -0.1) is 0 Å². The third kappa shape index (κ3) is 2.37. The van der Waals surface area contributed by atoms with Gasteiger partial charge in [-0.1, -0.05) is 47.5 Å². The van der Waals surface area contributed by atoms with Gasteiger partial charge in [0.15, 0.2) is 0 Å². The minimum Gasteiger partial charge on any atom is -0.385 e. The van der Waals surface area contributed by atoms with Crippen molar-refractivity contribution in [1.82, 2.24) is 0 Å². The molecule has 0 bridgehead atoms. The Labute approximate surface area is 121 Å². The van der Waals surface area contributed by atoms with Crippen molar-refractivity contribution in [2.24, 2.45) is 0 Å². The van der Waals surface area contributed by atoms with Crippen molar-refractivity contribution in [2.75, 3.05) is 6.61 Å². The van der Waals surface area contributed by atoms with Crippen LogP contribution >= 0.6 is 23.2 Å². The molecule has 0 radical (unpaired) electrons. The first-order valence-corrected chi connectivity index (χ1v) is 6.71. The fraction of sp³-hybridized carbons (Fsp3) is 0.200. The van der Waals surface area contributed by atoms with Crippen LogP contribution in [0.1, 0.15) is 17.2 Å². The van der Waals surface area contributed by atoms with E-state index in [1.165, 1.54) is 0 Å². The summed E-state index contributed by atoms with van der Waals surface area (Å²) in [6.07, 6.45) is -0.717. The molecule has 1 heterocycles. The van der Waals surface area contributed by atoms with Crippen molar-refractivity contribution in [1.29, 1.82) is 0 Å². The zero-order chi connectivity index (χ0) is 13.5. The normalized spacial score (nSPS) is 23.1. The molecule has 1 fully saturated rings. The van der Waals surface area contributed by atoms with Gasteiger partial charge in [0.2, 0.25) is 0 Å². The van der Waals surface area contributed by atoms with Crippen LogP contribution in [0.4, 0.5) is 0 Å². The molecule has 4 heteroatoms. The molecule has 2 atom stereocenters. The molecule has 2 aromatic carbocycles. The average molecular weight is 295 g/mol. The molecule has 1 aliphatic rings. The molecular weight excluding hydrogens is 283 g/mol. The summed E-state index contributed by atoms with van der Waals surface area (Å²) in [6, 6.07) is 14.5. The topological polar surface area (TPSA) is 32.8 Å². The van der Waals surface area contributed by atoms with Gasteiger partial charge in [0, 0.05) is 10.0 Å². The standard InChI is InChI=1S/C15H12Cl2O2/c16-12-5-1-10(2-6-12)14(18)15(9-19-15)11-3-7-13(17)8-4-11/h1-8,14,18H,9H2/t14-,15+/m0/s1. The molecule has 1 saturated heterocycles. The first kappa shape index (κ1) is 12.9. The molecule has 0 aromatic heterocycles. The summed E-state index contributed by atoms with van der Waals surface area (Å²) < 4.78 is 5.54. The summed E-state index contributed by atoms with van der Waals surface area (Å²) in [7, 11) is 0. The van der Waals surface area contributed by atoms with Crippen LogP contribution in [0, 0.1) is 0 Å². The Balaban J connectivity index is 1.92. The highest BCUT2D eigenvalue weighted by Crippen LogP contribution is 2.49. The molecule has 0 amide bonds. The van der Waals surface area contributed by atoms with E-state index in [4.69, 9.17) is 27.9 Å². The summed E-state index contributed by atoms with van der Waals surface area (Å²) in [6.45, 7) is 0.498. The van der Waals surface area contributed by atoms with Crippen LogP contribution in [0.2, 0.25) is 10.0 Å². The van der Waals surface area contributed by atoms with Gasteiger partial charge < -0.3 is 9.84 Å². The van der Waals surface area contributed by atoms with Crippen molar-refractivity contribution >= 4 is 23.2 Å². The van der Waals surface area contributed by atoms with Crippen LogP contribution < -0.4 is 0 Å². The van der Waals surface area contributed by atoms with Crippen molar-refractivity contribution in [3.05, 3.63) is 69.7 Å². The lowest BCUT2D eigenvalue weighted by Gasteiger charge is -2.20. The first-order chi connectivity index (χ1) is 9.12. The molecule has 2 nitrogen and oxygen atoms in total. The number of halogens is 2. The first-order valence-electron chi connectivity index (χ1n) is 5.95. The lowest BCUT2D eigenvalue weighted by atomic mass is 9.89. The highest BCUT2D eigenvalue weighted by Gasteiger charge is 2.53. The van der Waals surface area contributed by atoms with E-state index in [9.17, 15) is 5.11 Å². The van der Waals surface area contributed by atoms with E-state index in [2.05, 4.69) is 0 Å². The Morgan fingerprint density at radius 3 is 1.89 bits per heavy atom. The highest BCUT2D eigenvalue weighted by atomic mass is 35.5. The van der Waals surface area contributed by atoms with Gasteiger partial charge in [0.25, 0.3) is 0 Å². The van der Waals surface area contributed by atoms with Crippen LogP contribution in [-0.4, -0.2) is 11.7 Å². The van der Waals surface area contributed by atoms with E-state index in [0.717, 1.165) is 11.1 Å². The molecule has 0 spiro atoms. The fourth-order valence-electron chi connectivity index (χ4n) is 2.21. The van der Waals surface area contributed by atoms with Crippen molar-refractivity contribution < 1.29 is 9.84 Å². The number of epoxide rings is 1. The van der Waals surface area contributed by atoms with Gasteiger partial charge in [-0.25, -0.2) is 0 Å². The van der Waals surface area contributed by atoms with E-state index in [1.54, 1.807) is 24.3 Å². The molecule has 98 valence electrons. The number of aliphatic hydroxyl groups is 1. The monoisotopic (exact) mass is 294 g/mol. The van der Waals surface area contributed by atoms with Crippen LogP contribution in [0.3, 0.4) is 0 Å². The lowest BCUT2D eigenvalue weighted by Crippen LogP contribution is -2.20. The molecule has 0 aliphatic carbocycles. The Morgan fingerprint density at radius 2 is 1.42 bits per heavy atom. The van der Waals surface area contributed by atoms with Gasteiger partial charge in [-0.2, -0.15) is 0 Å². The van der Waals surface area contributed by atoms with E-state index in [0.29, 0.717) is 16.7 Å². The number of hydrogen-bond acceptors (Lipinski definition) is 2. The lowest BCUT2D eigenvalue weighted by molar-refractivity contribution is 0.0730. The Morgan fingerprint density at radius 1 is 0.947 bits per heavy atom. The second-order valence-electron chi connectivity index (χ2n) is 4.64. The number of aliphatic hydroxyl groups excluding tert-OH is 1. The molecular formula is C15H12Cl2O2. The van der Waals surface area contributed by atoms with E-state index in [-0.39, 0.29) is 0 Å². The SMILES string of the molecule is O[C@@H](c1ccc(Cl)cc1)[C@]1(c2ccc(Cl)cc2)CO1. The highest BCUT2D eigenvalue weighted by molar-refractivity contribution is 6.30. The predicted molar refractivity (Wildman–Crippen MR) is 75.5 cm³/mol. The number of benzene rings is 2. The maximum absolute atomic E-state index is 10.5. The number of ether oxygens (including phenoxy) is 1. The van der Waals surface area contributed by atoms with E-state index in [1.807, 2.05) is 24.3 Å². The number of rotatable bonds is 3. The molecule has 3 rings (SSSR count). The van der Waals surface area contributed by atoms with E-state index >= 15 is 0 Å². The second kappa shape index (κ2) is 4.80. The second-order valence-corrected chi connectivity index (χ2v) is 5.51. The molecule has 0 saturated carbocycles. The molecule has 1 N–H and O–H groups in total. The quantitative estimate of drug-likeness (QED) is 0.870. The van der Waals surface area contributed by atoms with Gasteiger partial charge >= 0.3 is 0 Å². The van der Waals surface area contributed by atoms with Crippen LogP contribution in [-0.2, 0) is 10.3 Å². The average Bonchev–Trinajstić information content (AvgIpc) is 3.21. The van der Waals surface area contributed by atoms with Gasteiger partial charge in [0.05, 0.1) is 6.61 Å². The van der Waals surface area contributed by atoms with E-state index < -0.39 is 11.7 Å². The Bertz CT molecular complexity index is 574. The van der Waals surface area contributed by atoms with Gasteiger partial charge in [-0.05, 0) is 35.4 Å². The van der Waals surface area contributed by atoms with Crippen LogP contribution in [0.25, 0.3) is 0 Å². The third-order valence-electron chi connectivity index (χ3n) is 3.42. The Kier molecular flexibility index (Phi) is 3.27. The molecule has 2 aromatic rings. The minimum atomic E-state index is -0.717. The zero-order valence-electron chi connectivity index (χ0n) is 10.0. The van der Waals surface area contributed by atoms with Gasteiger partial charge in [-0.3, -0.25) is 0 Å². The van der Waals surface area contributed by atoms with Crippen molar-refractivity contribution in [3.63, 3.8) is 0 Å².